The minimum atomic E-state index is 0. The molecule has 0 radical (unpaired) electrons. The average molecular weight is 367 g/mol. The predicted molar refractivity (Wildman–Crippen MR) is 75.5 cm³/mol. The van der Waals surface area contributed by atoms with E-state index >= 15 is 0 Å². The molecular formula is Na2S10. The van der Waals surface area contributed by atoms with Crippen molar-refractivity contribution in [3.05, 3.63) is 0 Å². The van der Waals surface area contributed by atoms with E-state index in [-0.39, 0.29) is 59.1 Å². The summed E-state index contributed by atoms with van der Waals surface area (Å²) in [5, 5.41) is 0. The zero-order valence-corrected chi connectivity index (χ0v) is 18.2. The third kappa shape index (κ3) is 20.9. The average Bonchev–Trinajstić information content (AvgIpc) is 1.97. The summed E-state index contributed by atoms with van der Waals surface area (Å²) in [6.45, 7) is 0. The standard InChI is InChI=1S/2Na.H2S10/c;;1-3-5-7-9-10-8-6-4-2/h;;1-2H/q2*+1;/p-2. The number of hydrogen-bond acceptors (Lipinski definition) is 10. The molecule has 12 heteroatoms. The summed E-state index contributed by atoms with van der Waals surface area (Å²) in [4.78, 5) is 0. The SMILES string of the molecule is [Na+].[Na+].[S-]SSSSSSSS[S-]. The second-order valence-corrected chi connectivity index (χ2v) is 14.7. The van der Waals surface area contributed by atoms with Gasteiger partial charge >= 0.3 is 59.1 Å². The van der Waals surface area contributed by atoms with Gasteiger partial charge in [0.1, 0.15) is 0 Å². The first-order valence-electron chi connectivity index (χ1n) is 1.50. The van der Waals surface area contributed by atoms with Gasteiger partial charge in [-0.05, 0) is 59.0 Å². The zero-order valence-electron chi connectivity index (χ0n) is 6.08. The fourth-order valence-corrected chi connectivity index (χ4v) is 16.5. The zero-order chi connectivity index (χ0) is 7.66. The Morgan fingerprint density at radius 2 is 0.750 bits per heavy atom. The Kier molecular flexibility index (Phi) is 41.1. The molecule has 0 heterocycles. The summed E-state index contributed by atoms with van der Waals surface area (Å²) in [7, 11) is 12.7. The van der Waals surface area contributed by atoms with E-state index in [1.807, 2.05) is 0 Å². The van der Waals surface area contributed by atoms with Crippen molar-refractivity contribution in [2.45, 2.75) is 0 Å². The molecule has 0 aliphatic heterocycles. The van der Waals surface area contributed by atoms with E-state index < -0.39 is 0 Å². The third-order valence-electron chi connectivity index (χ3n) is 0.194. The molecule has 0 fully saturated rings. The van der Waals surface area contributed by atoms with Gasteiger partial charge in [0.25, 0.3) is 0 Å². The van der Waals surface area contributed by atoms with Crippen molar-refractivity contribution in [3.63, 3.8) is 0 Å². The normalized spacial score (nSPS) is 8.50. The van der Waals surface area contributed by atoms with Crippen LogP contribution in [0.1, 0.15) is 0 Å². The molecular weight excluding hydrogens is 367 g/mol. The largest absolute Gasteiger partial charge is 1.00 e. The van der Waals surface area contributed by atoms with Crippen LogP contribution in [0.5, 0.6) is 0 Å². The minimum absolute atomic E-state index is 0. The molecule has 0 N–H and O–H groups in total. The van der Waals surface area contributed by atoms with Crippen molar-refractivity contribution in [3.8, 4) is 0 Å². The topological polar surface area (TPSA) is 0 Å². The van der Waals surface area contributed by atoms with Crippen molar-refractivity contribution in [2.75, 3.05) is 0 Å². The van der Waals surface area contributed by atoms with Crippen LogP contribution in [0.4, 0.5) is 0 Å². The fraction of sp³-hybridized carbons (Fsp3) is 0. The molecule has 0 amide bonds. The first-order chi connectivity index (χ1) is 4.91. The first kappa shape index (κ1) is 22.7. The van der Waals surface area contributed by atoms with E-state index in [4.69, 9.17) is 0 Å². The summed E-state index contributed by atoms with van der Waals surface area (Å²) in [5.41, 5.74) is 0. The van der Waals surface area contributed by atoms with Gasteiger partial charge in [0.2, 0.25) is 0 Å². The molecule has 0 saturated heterocycles. The van der Waals surface area contributed by atoms with Crippen LogP contribution in [0.2, 0.25) is 0 Å². The Morgan fingerprint density at radius 3 is 1.00 bits per heavy atom. The van der Waals surface area contributed by atoms with Gasteiger partial charge in [0.15, 0.2) is 0 Å². The number of hydrogen-bond donors (Lipinski definition) is 0. The second-order valence-electron chi connectivity index (χ2n) is 0.544. The molecule has 0 aliphatic carbocycles. The Balaban J connectivity index is -0.000000405. The summed E-state index contributed by atoms with van der Waals surface area (Å²) in [5.74, 6) is 0. The van der Waals surface area contributed by atoms with Crippen LogP contribution in [-0.2, 0) is 23.3 Å². The monoisotopic (exact) mass is 366 g/mol. The van der Waals surface area contributed by atoms with Crippen LogP contribution in [-0.4, -0.2) is 0 Å². The smallest absolute Gasteiger partial charge is 0.706 e. The van der Waals surface area contributed by atoms with E-state index in [1.165, 1.54) is 19.7 Å². The van der Waals surface area contributed by atoms with Crippen LogP contribution in [0.3, 0.4) is 0 Å². The summed E-state index contributed by atoms with van der Waals surface area (Å²) in [6, 6.07) is 0. The van der Waals surface area contributed by atoms with Gasteiger partial charge in [-0.2, -0.15) is 0 Å². The Hall–Kier alpha value is 5.50. The minimum Gasteiger partial charge on any atom is -0.706 e. The van der Waals surface area contributed by atoms with Crippen molar-refractivity contribution in [1.29, 1.82) is 0 Å². The van der Waals surface area contributed by atoms with Crippen molar-refractivity contribution in [1.82, 2.24) is 0 Å². The van der Waals surface area contributed by atoms with Crippen molar-refractivity contribution >= 4 is 102 Å². The Morgan fingerprint density at radius 1 is 0.500 bits per heavy atom. The molecule has 0 nitrogen and oxygen atoms in total. The van der Waals surface area contributed by atoms with Gasteiger partial charge in [0.05, 0.1) is 0 Å². The maximum Gasteiger partial charge on any atom is 1.00 e. The molecule has 0 saturated carbocycles. The van der Waals surface area contributed by atoms with Crippen LogP contribution in [0, 0.1) is 0 Å². The van der Waals surface area contributed by atoms with E-state index in [2.05, 4.69) is 23.3 Å². The van der Waals surface area contributed by atoms with Gasteiger partial charge in [-0.15, -0.1) is 0 Å². The molecule has 0 aromatic carbocycles. The third-order valence-corrected chi connectivity index (χ3v) is 15.7. The van der Waals surface area contributed by atoms with E-state index in [9.17, 15) is 0 Å². The maximum absolute atomic E-state index is 4.66. The van der Waals surface area contributed by atoms with E-state index in [1.54, 1.807) is 59.0 Å². The van der Waals surface area contributed by atoms with Crippen molar-refractivity contribution in [2.24, 2.45) is 0 Å². The summed E-state index contributed by atoms with van der Waals surface area (Å²) < 4.78 is 0. The van der Waals surface area contributed by atoms with E-state index in [0.29, 0.717) is 0 Å². The first-order valence-corrected chi connectivity index (χ1v) is 13.5. The Bertz CT molecular complexity index is 47.8. The quantitative estimate of drug-likeness (QED) is 0.242. The summed E-state index contributed by atoms with van der Waals surface area (Å²) >= 11 is 9.31. The van der Waals surface area contributed by atoms with Crippen LogP contribution in [0.25, 0.3) is 0 Å². The number of rotatable bonds is 7. The van der Waals surface area contributed by atoms with Gasteiger partial charge in [-0.3, -0.25) is 19.7 Å². The molecule has 0 atom stereocenters. The fourth-order valence-electron chi connectivity index (χ4n) is 0.0680. The van der Waals surface area contributed by atoms with Gasteiger partial charge in [0, 0.05) is 0 Å². The van der Waals surface area contributed by atoms with Gasteiger partial charge in [-0.25, -0.2) is 0 Å². The van der Waals surface area contributed by atoms with Crippen molar-refractivity contribution < 1.29 is 59.1 Å². The second kappa shape index (κ2) is 21.8. The van der Waals surface area contributed by atoms with Crippen LogP contribution in [0.15, 0.2) is 0 Å². The molecule has 0 spiro atoms. The maximum atomic E-state index is 4.66. The molecule has 0 aromatic rings. The molecule has 0 rings (SSSR count). The molecule has 0 unspecified atom stereocenters. The summed E-state index contributed by atoms with van der Waals surface area (Å²) in [6.07, 6.45) is 0. The molecule has 0 bridgehead atoms. The molecule has 62 valence electrons. The van der Waals surface area contributed by atoms with Crippen LogP contribution < -0.4 is 59.1 Å². The van der Waals surface area contributed by atoms with Gasteiger partial charge < -0.3 is 23.3 Å². The molecule has 12 heavy (non-hydrogen) atoms. The molecule has 0 aromatic heterocycles. The Labute approximate surface area is 157 Å². The molecule has 0 aliphatic rings. The predicted octanol–water partition coefficient (Wildman–Crippen LogP) is -0.811. The van der Waals surface area contributed by atoms with E-state index in [0.717, 1.165) is 0 Å². The van der Waals surface area contributed by atoms with Crippen LogP contribution >= 0.6 is 78.6 Å². The van der Waals surface area contributed by atoms with Gasteiger partial charge in [-0.1, -0.05) is 0 Å².